The lowest BCUT2D eigenvalue weighted by atomic mass is 9.90. The normalized spacial score (nSPS) is 13.6. The standard InChI is InChI=1S/C19H20N4O2/c1-19(21,12-20)10-16-15-8-7-14(13-5-3-2-4-6-13)9-17(15)22-11-18(16)23(24)25/h2-9,11H,10,12,20-21H2,1H3. The lowest BCUT2D eigenvalue weighted by Crippen LogP contribution is -2.46. The molecule has 0 aliphatic carbocycles. The van der Waals surface area contributed by atoms with Gasteiger partial charge in [-0.25, -0.2) is 4.98 Å². The molecule has 3 rings (SSSR count). The Morgan fingerprint density at radius 2 is 1.88 bits per heavy atom. The molecule has 0 saturated heterocycles. The number of nitro groups is 1. The SMILES string of the molecule is CC(N)(CN)Cc1c([N+](=O)[O-])cnc2cc(-c3ccccc3)ccc12. The molecule has 2 aromatic carbocycles. The molecule has 0 amide bonds. The first-order valence-corrected chi connectivity index (χ1v) is 8.02. The van der Waals surface area contributed by atoms with E-state index in [1.807, 2.05) is 48.5 Å². The number of hydrogen-bond donors (Lipinski definition) is 2. The van der Waals surface area contributed by atoms with Crippen molar-refractivity contribution in [3.05, 3.63) is 70.4 Å². The van der Waals surface area contributed by atoms with E-state index in [0.29, 0.717) is 17.5 Å². The number of fused-ring (bicyclic) bond motifs is 1. The molecule has 0 aliphatic rings. The Bertz CT molecular complexity index is 923. The van der Waals surface area contributed by atoms with Crippen LogP contribution in [0.2, 0.25) is 0 Å². The molecule has 0 saturated carbocycles. The first-order chi connectivity index (χ1) is 11.9. The average Bonchev–Trinajstić information content (AvgIpc) is 2.61. The van der Waals surface area contributed by atoms with E-state index in [1.54, 1.807) is 6.92 Å². The molecular weight excluding hydrogens is 316 g/mol. The van der Waals surface area contributed by atoms with Crippen LogP contribution in [0.25, 0.3) is 22.0 Å². The number of nitrogens with two attached hydrogens (primary N) is 2. The van der Waals surface area contributed by atoms with E-state index in [-0.39, 0.29) is 12.2 Å². The lowest BCUT2D eigenvalue weighted by molar-refractivity contribution is -0.385. The zero-order valence-electron chi connectivity index (χ0n) is 14.0. The average molecular weight is 336 g/mol. The number of benzene rings is 2. The van der Waals surface area contributed by atoms with Gasteiger partial charge in [-0.3, -0.25) is 10.1 Å². The molecule has 25 heavy (non-hydrogen) atoms. The van der Waals surface area contributed by atoms with Crippen LogP contribution in [-0.2, 0) is 6.42 Å². The van der Waals surface area contributed by atoms with Crippen LogP contribution in [0.1, 0.15) is 12.5 Å². The molecular formula is C19H20N4O2. The number of aromatic nitrogens is 1. The van der Waals surface area contributed by atoms with Crippen LogP contribution in [0.5, 0.6) is 0 Å². The predicted molar refractivity (Wildman–Crippen MR) is 99.2 cm³/mol. The van der Waals surface area contributed by atoms with E-state index in [4.69, 9.17) is 11.5 Å². The fourth-order valence-electron chi connectivity index (χ4n) is 2.87. The van der Waals surface area contributed by atoms with Crippen molar-refractivity contribution in [1.82, 2.24) is 4.98 Å². The van der Waals surface area contributed by atoms with Gasteiger partial charge in [0.05, 0.1) is 10.4 Å². The quantitative estimate of drug-likeness (QED) is 0.550. The monoisotopic (exact) mass is 336 g/mol. The summed E-state index contributed by atoms with van der Waals surface area (Å²) in [6.07, 6.45) is 1.61. The molecule has 0 bridgehead atoms. The van der Waals surface area contributed by atoms with E-state index in [9.17, 15) is 10.1 Å². The van der Waals surface area contributed by atoms with Gasteiger partial charge in [0.2, 0.25) is 0 Å². The van der Waals surface area contributed by atoms with Crippen LogP contribution < -0.4 is 11.5 Å². The minimum atomic E-state index is -0.725. The zero-order valence-corrected chi connectivity index (χ0v) is 14.0. The second-order valence-electron chi connectivity index (χ2n) is 6.51. The summed E-state index contributed by atoms with van der Waals surface area (Å²) in [5.74, 6) is 0. The Hall–Kier alpha value is -2.83. The summed E-state index contributed by atoms with van der Waals surface area (Å²) >= 11 is 0. The van der Waals surface area contributed by atoms with Gasteiger partial charge in [-0.2, -0.15) is 0 Å². The van der Waals surface area contributed by atoms with Crippen LogP contribution >= 0.6 is 0 Å². The van der Waals surface area contributed by atoms with Crippen molar-refractivity contribution in [1.29, 1.82) is 0 Å². The van der Waals surface area contributed by atoms with Gasteiger partial charge in [0.15, 0.2) is 0 Å². The van der Waals surface area contributed by atoms with Gasteiger partial charge in [0.25, 0.3) is 5.69 Å². The number of pyridine rings is 1. The predicted octanol–water partition coefficient (Wildman–Crippen LogP) is 3.03. The molecule has 3 aromatic rings. The number of rotatable bonds is 5. The largest absolute Gasteiger partial charge is 0.329 e. The summed E-state index contributed by atoms with van der Waals surface area (Å²) in [7, 11) is 0. The van der Waals surface area contributed by atoms with Crippen molar-refractivity contribution in [3.63, 3.8) is 0 Å². The molecule has 0 aliphatic heterocycles. The molecule has 128 valence electrons. The van der Waals surface area contributed by atoms with Gasteiger partial charge in [0.1, 0.15) is 6.20 Å². The molecule has 1 heterocycles. The van der Waals surface area contributed by atoms with E-state index >= 15 is 0 Å². The van der Waals surface area contributed by atoms with Gasteiger partial charge in [-0.15, -0.1) is 0 Å². The Morgan fingerprint density at radius 1 is 1.16 bits per heavy atom. The lowest BCUT2D eigenvalue weighted by Gasteiger charge is -2.23. The van der Waals surface area contributed by atoms with Crippen LogP contribution in [0.3, 0.4) is 0 Å². The topological polar surface area (TPSA) is 108 Å². The van der Waals surface area contributed by atoms with Gasteiger partial charge < -0.3 is 11.5 Å². The van der Waals surface area contributed by atoms with Crippen molar-refractivity contribution < 1.29 is 4.92 Å². The summed E-state index contributed by atoms with van der Waals surface area (Å²) in [5.41, 5.74) is 14.5. The zero-order chi connectivity index (χ0) is 18.0. The van der Waals surface area contributed by atoms with Crippen molar-refractivity contribution in [2.24, 2.45) is 11.5 Å². The first-order valence-electron chi connectivity index (χ1n) is 8.02. The second-order valence-corrected chi connectivity index (χ2v) is 6.51. The Morgan fingerprint density at radius 3 is 2.52 bits per heavy atom. The highest BCUT2D eigenvalue weighted by atomic mass is 16.6. The molecule has 1 unspecified atom stereocenters. The molecule has 0 spiro atoms. The summed E-state index contributed by atoms with van der Waals surface area (Å²) in [6.45, 7) is 2.03. The van der Waals surface area contributed by atoms with Crippen molar-refractivity contribution >= 4 is 16.6 Å². The van der Waals surface area contributed by atoms with Crippen LogP contribution in [0.4, 0.5) is 5.69 Å². The van der Waals surface area contributed by atoms with Gasteiger partial charge >= 0.3 is 0 Å². The number of hydrogen-bond acceptors (Lipinski definition) is 5. The second kappa shape index (κ2) is 6.58. The van der Waals surface area contributed by atoms with Crippen LogP contribution in [-0.4, -0.2) is 22.0 Å². The molecule has 6 nitrogen and oxygen atoms in total. The van der Waals surface area contributed by atoms with E-state index in [2.05, 4.69) is 4.98 Å². The first kappa shape index (κ1) is 17.0. The summed E-state index contributed by atoms with van der Waals surface area (Å²) in [5, 5.41) is 12.2. The number of nitrogens with zero attached hydrogens (tertiary/aromatic N) is 2. The van der Waals surface area contributed by atoms with E-state index < -0.39 is 10.5 Å². The molecule has 0 radical (unpaired) electrons. The highest BCUT2D eigenvalue weighted by Crippen LogP contribution is 2.31. The summed E-state index contributed by atoms with van der Waals surface area (Å²) < 4.78 is 0. The van der Waals surface area contributed by atoms with Gasteiger partial charge in [0, 0.05) is 23.0 Å². The van der Waals surface area contributed by atoms with Crippen LogP contribution in [0.15, 0.2) is 54.7 Å². The third kappa shape index (κ3) is 3.50. The third-order valence-corrected chi connectivity index (χ3v) is 4.31. The molecule has 1 atom stereocenters. The van der Waals surface area contributed by atoms with Crippen LogP contribution in [0, 0.1) is 10.1 Å². The maximum atomic E-state index is 11.4. The highest BCUT2D eigenvalue weighted by Gasteiger charge is 2.25. The van der Waals surface area contributed by atoms with Gasteiger partial charge in [-0.1, -0.05) is 42.5 Å². The minimum Gasteiger partial charge on any atom is -0.329 e. The molecule has 6 heteroatoms. The fraction of sp³-hybridized carbons (Fsp3) is 0.211. The van der Waals surface area contributed by atoms with Crippen molar-refractivity contribution in [3.8, 4) is 11.1 Å². The third-order valence-electron chi connectivity index (χ3n) is 4.31. The molecule has 0 fully saturated rings. The Balaban J connectivity index is 2.17. The van der Waals surface area contributed by atoms with E-state index in [1.165, 1.54) is 6.20 Å². The van der Waals surface area contributed by atoms with E-state index in [0.717, 1.165) is 16.5 Å². The summed E-state index contributed by atoms with van der Waals surface area (Å²) in [4.78, 5) is 15.3. The Kier molecular flexibility index (Phi) is 4.48. The van der Waals surface area contributed by atoms with Gasteiger partial charge in [-0.05, 0) is 30.5 Å². The maximum Gasteiger partial charge on any atom is 0.291 e. The highest BCUT2D eigenvalue weighted by molar-refractivity contribution is 5.89. The maximum absolute atomic E-state index is 11.4. The molecule has 1 aromatic heterocycles. The van der Waals surface area contributed by atoms with Crippen molar-refractivity contribution in [2.45, 2.75) is 18.9 Å². The van der Waals surface area contributed by atoms with Crippen molar-refractivity contribution in [2.75, 3.05) is 6.54 Å². The minimum absolute atomic E-state index is 0.0231. The smallest absolute Gasteiger partial charge is 0.291 e. The Labute approximate surface area is 145 Å². The molecule has 4 N–H and O–H groups in total. The summed E-state index contributed by atoms with van der Waals surface area (Å²) in [6, 6.07) is 15.7. The fourth-order valence-corrected chi connectivity index (χ4v) is 2.87.